The molecule has 1 aliphatic heterocycles. The first-order chi connectivity index (χ1) is 9.97. The summed E-state index contributed by atoms with van der Waals surface area (Å²) in [4.78, 5) is 21.1. The Morgan fingerprint density at radius 3 is 2.81 bits per heavy atom. The summed E-state index contributed by atoms with van der Waals surface area (Å²) >= 11 is 3.15. The summed E-state index contributed by atoms with van der Waals surface area (Å²) in [5.74, 6) is -0.823. The van der Waals surface area contributed by atoms with Gasteiger partial charge in [-0.3, -0.25) is 15.1 Å². The zero-order valence-corrected chi connectivity index (χ0v) is 13.2. The smallest absolute Gasteiger partial charge is 0.322 e. The van der Waals surface area contributed by atoms with Gasteiger partial charge in [0.25, 0.3) is 0 Å². The van der Waals surface area contributed by atoms with E-state index in [1.54, 1.807) is 35.5 Å². The van der Waals surface area contributed by atoms with Crippen LogP contribution in [0.1, 0.15) is 24.2 Å². The summed E-state index contributed by atoms with van der Waals surface area (Å²) in [7, 11) is 0. The van der Waals surface area contributed by atoms with E-state index in [-0.39, 0.29) is 10.1 Å². The van der Waals surface area contributed by atoms with Crippen molar-refractivity contribution in [1.82, 2.24) is 15.3 Å². The second-order valence-electron chi connectivity index (χ2n) is 5.32. The maximum absolute atomic E-state index is 11.3. The molecule has 2 aromatic rings. The summed E-state index contributed by atoms with van der Waals surface area (Å²) < 4.78 is -0.368. The van der Waals surface area contributed by atoms with Crippen LogP contribution >= 0.6 is 23.1 Å². The molecule has 0 aromatic carbocycles. The monoisotopic (exact) mass is 321 g/mol. The van der Waals surface area contributed by atoms with E-state index in [1.165, 1.54) is 0 Å². The Hall–Kier alpha value is -1.44. The fraction of sp³-hybridized carbons (Fsp3) is 0.357. The number of nitrogens with one attached hydrogen (secondary N) is 1. The highest BCUT2D eigenvalue weighted by atomic mass is 32.2. The molecular weight excluding hydrogens is 306 g/mol. The molecule has 21 heavy (non-hydrogen) atoms. The fourth-order valence-electron chi connectivity index (χ4n) is 2.28. The molecule has 1 aliphatic rings. The van der Waals surface area contributed by atoms with Crippen LogP contribution in [0.4, 0.5) is 0 Å². The average molecular weight is 321 g/mol. The van der Waals surface area contributed by atoms with E-state index in [2.05, 4.69) is 15.3 Å². The molecule has 0 spiro atoms. The molecule has 7 heteroatoms. The van der Waals surface area contributed by atoms with E-state index >= 15 is 0 Å². The lowest BCUT2D eigenvalue weighted by Gasteiger charge is -2.20. The number of pyridine rings is 1. The number of hydrogen-bond donors (Lipinski definition) is 2. The molecule has 2 aromatic heterocycles. The highest BCUT2D eigenvalue weighted by molar-refractivity contribution is 8.01. The third-order valence-electron chi connectivity index (χ3n) is 3.35. The third-order valence-corrected chi connectivity index (χ3v) is 6.02. The summed E-state index contributed by atoms with van der Waals surface area (Å²) in [5, 5.41) is 13.2. The molecular formula is C14H15N3O2S2. The van der Waals surface area contributed by atoms with Crippen LogP contribution in [0.5, 0.6) is 0 Å². The number of aliphatic carboxylic acids is 1. The molecule has 2 atom stereocenters. The summed E-state index contributed by atoms with van der Waals surface area (Å²) in [6.45, 7) is 3.88. The van der Waals surface area contributed by atoms with Gasteiger partial charge in [0.15, 0.2) is 0 Å². The van der Waals surface area contributed by atoms with Gasteiger partial charge in [-0.1, -0.05) is 6.07 Å². The van der Waals surface area contributed by atoms with Crippen LogP contribution in [-0.2, 0) is 4.79 Å². The number of nitrogens with zero attached hydrogens (tertiary/aromatic N) is 2. The number of hydrogen-bond acceptors (Lipinski definition) is 6. The van der Waals surface area contributed by atoms with Crippen LogP contribution in [0.2, 0.25) is 0 Å². The van der Waals surface area contributed by atoms with E-state index in [0.29, 0.717) is 0 Å². The Morgan fingerprint density at radius 1 is 1.38 bits per heavy atom. The normalized spacial score (nSPS) is 24.1. The number of carboxylic acids is 1. The minimum atomic E-state index is -0.823. The molecule has 1 fully saturated rings. The SMILES string of the molecule is CC1(C)SC(c2ncc(-c3ccccn3)s2)NC1C(=O)O. The van der Waals surface area contributed by atoms with Gasteiger partial charge in [0.1, 0.15) is 16.4 Å². The van der Waals surface area contributed by atoms with Crippen LogP contribution in [0.25, 0.3) is 10.6 Å². The zero-order valence-electron chi connectivity index (χ0n) is 11.6. The molecule has 0 bridgehead atoms. The van der Waals surface area contributed by atoms with E-state index < -0.39 is 12.0 Å². The maximum Gasteiger partial charge on any atom is 0.322 e. The van der Waals surface area contributed by atoms with Gasteiger partial charge in [-0.25, -0.2) is 4.98 Å². The number of rotatable bonds is 3. The highest BCUT2D eigenvalue weighted by Gasteiger charge is 2.46. The molecule has 0 aliphatic carbocycles. The number of thiazole rings is 1. The molecule has 3 rings (SSSR count). The first-order valence-corrected chi connectivity index (χ1v) is 8.21. The summed E-state index contributed by atoms with van der Waals surface area (Å²) in [6.07, 6.45) is 3.55. The lowest BCUT2D eigenvalue weighted by atomic mass is 10.0. The van der Waals surface area contributed by atoms with Gasteiger partial charge in [-0.15, -0.1) is 23.1 Å². The standard InChI is InChI=1S/C14H15N3O2S2/c1-14(2)10(13(18)19)17-12(21-14)11-16-7-9(20-11)8-5-3-4-6-15-8/h3-7,10,12,17H,1-2H3,(H,18,19). The summed E-state index contributed by atoms with van der Waals surface area (Å²) in [6, 6.07) is 5.18. The Labute approximate surface area is 130 Å². The Morgan fingerprint density at radius 2 is 2.19 bits per heavy atom. The van der Waals surface area contributed by atoms with Crippen molar-refractivity contribution in [2.45, 2.75) is 30.0 Å². The van der Waals surface area contributed by atoms with Crippen molar-refractivity contribution in [2.75, 3.05) is 0 Å². The second kappa shape index (κ2) is 5.40. The predicted octanol–water partition coefficient (Wildman–Crippen LogP) is 2.77. The molecule has 3 heterocycles. The first kappa shape index (κ1) is 14.5. The third kappa shape index (κ3) is 2.81. The quantitative estimate of drug-likeness (QED) is 0.905. The maximum atomic E-state index is 11.3. The highest BCUT2D eigenvalue weighted by Crippen LogP contribution is 2.47. The first-order valence-electron chi connectivity index (χ1n) is 6.51. The second-order valence-corrected chi connectivity index (χ2v) is 8.14. The van der Waals surface area contributed by atoms with Gasteiger partial charge in [-0.05, 0) is 26.0 Å². The topological polar surface area (TPSA) is 75.1 Å². The van der Waals surface area contributed by atoms with Crippen molar-refractivity contribution in [1.29, 1.82) is 0 Å². The number of aromatic nitrogens is 2. The van der Waals surface area contributed by atoms with Gasteiger partial charge in [0, 0.05) is 17.1 Å². The molecule has 0 saturated carbocycles. The van der Waals surface area contributed by atoms with Crippen molar-refractivity contribution in [3.63, 3.8) is 0 Å². The predicted molar refractivity (Wildman–Crippen MR) is 84.3 cm³/mol. The molecule has 1 saturated heterocycles. The van der Waals surface area contributed by atoms with Gasteiger partial charge in [0.05, 0.1) is 10.6 Å². The van der Waals surface area contributed by atoms with Gasteiger partial charge in [0.2, 0.25) is 0 Å². The Kier molecular flexibility index (Phi) is 3.73. The van der Waals surface area contributed by atoms with Crippen LogP contribution in [0.15, 0.2) is 30.6 Å². The lowest BCUT2D eigenvalue weighted by molar-refractivity contribution is -0.139. The van der Waals surface area contributed by atoms with Gasteiger partial charge >= 0.3 is 5.97 Å². The number of carboxylic acid groups (broad SMARTS) is 1. The van der Waals surface area contributed by atoms with Crippen LogP contribution < -0.4 is 5.32 Å². The Balaban J connectivity index is 1.84. The molecule has 0 amide bonds. The minimum Gasteiger partial charge on any atom is -0.480 e. The van der Waals surface area contributed by atoms with E-state index in [9.17, 15) is 9.90 Å². The van der Waals surface area contributed by atoms with Crippen molar-refractivity contribution in [2.24, 2.45) is 0 Å². The summed E-state index contributed by atoms with van der Waals surface area (Å²) in [5.41, 5.74) is 0.887. The molecule has 5 nitrogen and oxygen atoms in total. The molecule has 0 radical (unpaired) electrons. The average Bonchev–Trinajstić information content (AvgIpc) is 3.03. The number of carbonyl (C=O) groups is 1. The zero-order chi connectivity index (χ0) is 15.0. The largest absolute Gasteiger partial charge is 0.480 e. The van der Waals surface area contributed by atoms with Gasteiger partial charge < -0.3 is 5.11 Å². The van der Waals surface area contributed by atoms with Gasteiger partial charge in [-0.2, -0.15) is 0 Å². The van der Waals surface area contributed by atoms with Crippen LogP contribution in [0.3, 0.4) is 0 Å². The Bertz CT molecular complexity index is 657. The fourth-order valence-corrected chi connectivity index (χ4v) is 4.69. The molecule has 2 N–H and O–H groups in total. The van der Waals surface area contributed by atoms with E-state index in [1.807, 2.05) is 32.0 Å². The molecule has 2 unspecified atom stereocenters. The minimum absolute atomic E-state index is 0.0939. The molecule has 110 valence electrons. The van der Waals surface area contributed by atoms with Crippen molar-refractivity contribution in [3.05, 3.63) is 35.6 Å². The van der Waals surface area contributed by atoms with E-state index in [0.717, 1.165) is 15.6 Å². The van der Waals surface area contributed by atoms with Crippen molar-refractivity contribution in [3.8, 4) is 10.6 Å². The number of thioether (sulfide) groups is 1. The van der Waals surface area contributed by atoms with Crippen molar-refractivity contribution >= 4 is 29.1 Å². The van der Waals surface area contributed by atoms with Crippen molar-refractivity contribution < 1.29 is 9.90 Å². The van der Waals surface area contributed by atoms with E-state index in [4.69, 9.17) is 0 Å². The lowest BCUT2D eigenvalue weighted by Crippen LogP contribution is -2.43. The van der Waals surface area contributed by atoms with Crippen LogP contribution in [0, 0.1) is 0 Å². The van der Waals surface area contributed by atoms with Crippen LogP contribution in [-0.4, -0.2) is 31.8 Å².